The molecule has 4 heterocycles. The number of fused-ring (bicyclic) bond motifs is 1. The third-order valence-corrected chi connectivity index (χ3v) is 6.74. The van der Waals surface area contributed by atoms with E-state index in [-0.39, 0.29) is 5.92 Å². The average Bonchev–Trinajstić information content (AvgIpc) is 2.84. The lowest BCUT2D eigenvalue weighted by molar-refractivity contribution is -0.137. The predicted octanol–water partition coefficient (Wildman–Crippen LogP) is 3.72. The SMILES string of the molecule is O=C(C1CCCN(c2cnc3nccnc3c2)C1)N1CCC(Cc2ccccc2)CC1. The highest BCUT2D eigenvalue weighted by Crippen LogP contribution is 2.28. The molecule has 31 heavy (non-hydrogen) atoms. The van der Waals surface area contributed by atoms with Crippen LogP contribution in [0.25, 0.3) is 11.2 Å². The number of rotatable bonds is 4. The summed E-state index contributed by atoms with van der Waals surface area (Å²) in [6, 6.07) is 12.8. The van der Waals surface area contributed by atoms with E-state index in [1.54, 1.807) is 12.4 Å². The maximum atomic E-state index is 13.3. The number of pyridine rings is 1. The molecule has 3 aromatic rings. The minimum atomic E-state index is 0.0666. The fourth-order valence-electron chi connectivity index (χ4n) is 5.00. The summed E-state index contributed by atoms with van der Waals surface area (Å²) in [6.45, 7) is 3.49. The van der Waals surface area contributed by atoms with Crippen LogP contribution in [0.15, 0.2) is 55.0 Å². The molecule has 1 unspecified atom stereocenters. The normalized spacial score (nSPS) is 20.2. The number of hydrogen-bond acceptors (Lipinski definition) is 5. The van der Waals surface area contributed by atoms with Gasteiger partial charge in [0.1, 0.15) is 5.52 Å². The van der Waals surface area contributed by atoms with Crippen LogP contribution in [-0.4, -0.2) is 51.9 Å². The van der Waals surface area contributed by atoms with Gasteiger partial charge in [0.25, 0.3) is 0 Å². The lowest BCUT2D eigenvalue weighted by Gasteiger charge is -2.38. The lowest BCUT2D eigenvalue weighted by atomic mass is 9.89. The van der Waals surface area contributed by atoms with Crippen LogP contribution in [0.3, 0.4) is 0 Å². The monoisotopic (exact) mass is 415 g/mol. The molecule has 0 radical (unpaired) electrons. The fourth-order valence-corrected chi connectivity index (χ4v) is 5.00. The van der Waals surface area contributed by atoms with Gasteiger partial charge in [-0.1, -0.05) is 30.3 Å². The second kappa shape index (κ2) is 9.00. The Bertz CT molecular complexity index is 1030. The summed E-state index contributed by atoms with van der Waals surface area (Å²) in [6.07, 6.45) is 10.5. The van der Waals surface area contributed by atoms with Gasteiger partial charge in [-0.05, 0) is 49.7 Å². The molecule has 160 valence electrons. The number of carbonyl (C=O) groups excluding carboxylic acids is 1. The zero-order chi connectivity index (χ0) is 21.0. The number of piperidine rings is 2. The molecule has 0 N–H and O–H groups in total. The number of aromatic nitrogens is 3. The number of likely N-dealkylation sites (tertiary alicyclic amines) is 1. The molecule has 0 aliphatic carbocycles. The summed E-state index contributed by atoms with van der Waals surface area (Å²) >= 11 is 0. The van der Waals surface area contributed by atoms with Crippen LogP contribution >= 0.6 is 0 Å². The lowest BCUT2D eigenvalue weighted by Crippen LogP contribution is -2.47. The van der Waals surface area contributed by atoms with Gasteiger partial charge in [0.15, 0.2) is 5.65 Å². The van der Waals surface area contributed by atoms with Gasteiger partial charge in [-0.15, -0.1) is 0 Å². The van der Waals surface area contributed by atoms with E-state index < -0.39 is 0 Å². The molecular formula is C25H29N5O. The largest absolute Gasteiger partial charge is 0.369 e. The molecule has 2 aliphatic heterocycles. The first-order chi connectivity index (χ1) is 15.3. The Morgan fingerprint density at radius 2 is 1.77 bits per heavy atom. The minimum Gasteiger partial charge on any atom is -0.369 e. The van der Waals surface area contributed by atoms with Gasteiger partial charge in [-0.25, -0.2) is 9.97 Å². The summed E-state index contributed by atoms with van der Waals surface area (Å²) in [5.74, 6) is 1.08. The third kappa shape index (κ3) is 4.53. The summed E-state index contributed by atoms with van der Waals surface area (Å²) in [5, 5.41) is 0. The van der Waals surface area contributed by atoms with E-state index in [1.165, 1.54) is 5.56 Å². The molecule has 0 saturated carbocycles. The molecule has 1 aromatic carbocycles. The Balaban J connectivity index is 1.19. The van der Waals surface area contributed by atoms with Gasteiger partial charge in [-0.2, -0.15) is 0 Å². The first-order valence-corrected chi connectivity index (χ1v) is 11.4. The number of nitrogens with zero attached hydrogens (tertiary/aromatic N) is 5. The molecule has 2 fully saturated rings. The van der Waals surface area contributed by atoms with Crippen LogP contribution < -0.4 is 4.90 Å². The molecule has 2 saturated heterocycles. The van der Waals surface area contributed by atoms with E-state index in [9.17, 15) is 4.79 Å². The van der Waals surface area contributed by atoms with Gasteiger partial charge < -0.3 is 9.80 Å². The zero-order valence-electron chi connectivity index (χ0n) is 17.9. The summed E-state index contributed by atoms with van der Waals surface area (Å²) in [4.78, 5) is 30.7. The zero-order valence-corrected chi connectivity index (χ0v) is 17.9. The Morgan fingerprint density at radius 1 is 0.968 bits per heavy atom. The van der Waals surface area contributed by atoms with E-state index in [1.807, 2.05) is 12.3 Å². The van der Waals surface area contributed by atoms with Gasteiger partial charge in [0.2, 0.25) is 5.91 Å². The van der Waals surface area contributed by atoms with Crippen molar-refractivity contribution in [1.29, 1.82) is 0 Å². The number of carbonyl (C=O) groups is 1. The first kappa shape index (κ1) is 19.9. The van der Waals surface area contributed by atoms with Crippen LogP contribution in [0.5, 0.6) is 0 Å². The van der Waals surface area contributed by atoms with Crippen molar-refractivity contribution in [3.05, 3.63) is 60.6 Å². The molecule has 0 spiro atoms. The molecule has 0 bridgehead atoms. The molecule has 1 amide bonds. The van der Waals surface area contributed by atoms with Crippen molar-refractivity contribution in [2.24, 2.45) is 11.8 Å². The maximum Gasteiger partial charge on any atom is 0.227 e. The Hall–Kier alpha value is -3.02. The van der Waals surface area contributed by atoms with Crippen molar-refractivity contribution >= 4 is 22.8 Å². The number of benzene rings is 1. The van der Waals surface area contributed by atoms with Crippen LogP contribution in [0, 0.1) is 11.8 Å². The molecule has 2 aromatic heterocycles. The molecule has 1 atom stereocenters. The van der Waals surface area contributed by atoms with Crippen LogP contribution in [-0.2, 0) is 11.2 Å². The van der Waals surface area contributed by atoms with Gasteiger partial charge in [-0.3, -0.25) is 9.78 Å². The average molecular weight is 416 g/mol. The summed E-state index contributed by atoms with van der Waals surface area (Å²) in [7, 11) is 0. The standard InChI is InChI=1S/C25H29N5O/c31-25(29-13-8-20(9-14-29)15-19-5-2-1-3-6-19)21-7-4-12-30(18-21)22-16-23-24(28-17-22)27-11-10-26-23/h1-3,5-6,10-11,16-17,20-21H,4,7-9,12-15,18H2. The fraction of sp³-hybridized carbons (Fsp3) is 0.440. The topological polar surface area (TPSA) is 62.2 Å². The van der Waals surface area contributed by atoms with E-state index in [2.05, 4.69) is 55.1 Å². The second-order valence-corrected chi connectivity index (χ2v) is 8.84. The predicted molar refractivity (Wildman–Crippen MR) is 122 cm³/mol. The third-order valence-electron chi connectivity index (χ3n) is 6.74. The number of hydrogen-bond donors (Lipinski definition) is 0. The van der Waals surface area contributed by atoms with E-state index >= 15 is 0 Å². The summed E-state index contributed by atoms with van der Waals surface area (Å²) < 4.78 is 0. The Morgan fingerprint density at radius 3 is 2.61 bits per heavy atom. The van der Waals surface area contributed by atoms with Crippen molar-refractivity contribution in [3.63, 3.8) is 0 Å². The smallest absolute Gasteiger partial charge is 0.227 e. The van der Waals surface area contributed by atoms with Crippen molar-refractivity contribution in [3.8, 4) is 0 Å². The highest BCUT2D eigenvalue weighted by molar-refractivity contribution is 5.80. The Kier molecular flexibility index (Phi) is 5.78. The molecule has 5 rings (SSSR count). The molecule has 6 nitrogen and oxygen atoms in total. The van der Waals surface area contributed by atoms with Crippen molar-refractivity contribution < 1.29 is 4.79 Å². The highest BCUT2D eigenvalue weighted by Gasteiger charge is 2.31. The van der Waals surface area contributed by atoms with E-state index in [0.29, 0.717) is 17.5 Å². The Labute approximate surface area is 183 Å². The van der Waals surface area contributed by atoms with Crippen molar-refractivity contribution in [1.82, 2.24) is 19.9 Å². The number of amides is 1. The maximum absolute atomic E-state index is 13.3. The second-order valence-electron chi connectivity index (χ2n) is 8.84. The van der Waals surface area contributed by atoms with Gasteiger partial charge in [0.05, 0.1) is 17.8 Å². The van der Waals surface area contributed by atoms with Crippen LogP contribution in [0.1, 0.15) is 31.2 Å². The summed E-state index contributed by atoms with van der Waals surface area (Å²) in [5.41, 5.74) is 3.90. The number of anilines is 1. The van der Waals surface area contributed by atoms with Crippen LogP contribution in [0.2, 0.25) is 0 Å². The van der Waals surface area contributed by atoms with Crippen LogP contribution in [0.4, 0.5) is 5.69 Å². The molecule has 2 aliphatic rings. The highest BCUT2D eigenvalue weighted by atomic mass is 16.2. The van der Waals surface area contributed by atoms with Crippen molar-refractivity contribution in [2.75, 3.05) is 31.1 Å². The van der Waals surface area contributed by atoms with E-state index in [0.717, 1.165) is 69.5 Å². The van der Waals surface area contributed by atoms with Gasteiger partial charge >= 0.3 is 0 Å². The minimum absolute atomic E-state index is 0.0666. The molecular weight excluding hydrogens is 386 g/mol. The molecule has 6 heteroatoms. The first-order valence-electron chi connectivity index (χ1n) is 11.4. The van der Waals surface area contributed by atoms with E-state index in [4.69, 9.17) is 0 Å². The van der Waals surface area contributed by atoms with Crippen molar-refractivity contribution in [2.45, 2.75) is 32.1 Å². The quantitative estimate of drug-likeness (QED) is 0.650. The van der Waals surface area contributed by atoms with Gasteiger partial charge in [0, 0.05) is 38.6 Å².